The van der Waals surface area contributed by atoms with E-state index in [4.69, 9.17) is 23.2 Å². The van der Waals surface area contributed by atoms with Crippen molar-refractivity contribution in [2.75, 3.05) is 12.0 Å². The lowest BCUT2D eigenvalue weighted by atomic mass is 10.2. The topological polar surface area (TPSA) is 63.2 Å². The van der Waals surface area contributed by atoms with Crippen LogP contribution in [-0.4, -0.2) is 32.4 Å². The molecule has 1 rings (SSSR count). The maximum Gasteiger partial charge on any atom is 0.251 e. The molecule has 0 aliphatic heterocycles. The molecule has 106 valence electrons. The first-order chi connectivity index (χ1) is 8.67. The predicted molar refractivity (Wildman–Crippen MR) is 77.7 cm³/mol. The van der Waals surface area contributed by atoms with Gasteiger partial charge in [0, 0.05) is 27.9 Å². The van der Waals surface area contributed by atoms with Gasteiger partial charge in [-0.3, -0.25) is 4.79 Å². The summed E-state index contributed by atoms with van der Waals surface area (Å²) in [5, 5.41) is 3.46. The molecule has 0 aliphatic rings. The molecule has 19 heavy (non-hydrogen) atoms. The van der Waals surface area contributed by atoms with E-state index in [2.05, 4.69) is 5.32 Å². The summed E-state index contributed by atoms with van der Waals surface area (Å²) in [6.45, 7) is 1.75. The second-order valence-corrected chi connectivity index (χ2v) is 7.58. The van der Waals surface area contributed by atoms with Crippen LogP contribution in [0.2, 0.25) is 10.0 Å². The largest absolute Gasteiger partial charge is 0.350 e. The third-order valence-electron chi connectivity index (χ3n) is 2.42. The van der Waals surface area contributed by atoms with E-state index in [0.717, 1.165) is 6.26 Å². The van der Waals surface area contributed by atoms with E-state index in [-0.39, 0.29) is 17.7 Å². The number of amides is 1. The zero-order valence-electron chi connectivity index (χ0n) is 10.6. The highest BCUT2D eigenvalue weighted by Gasteiger charge is 2.13. The van der Waals surface area contributed by atoms with Gasteiger partial charge in [-0.2, -0.15) is 0 Å². The molecule has 0 aliphatic carbocycles. The van der Waals surface area contributed by atoms with Crippen LogP contribution in [0.25, 0.3) is 0 Å². The van der Waals surface area contributed by atoms with Gasteiger partial charge < -0.3 is 5.32 Å². The van der Waals surface area contributed by atoms with Crippen LogP contribution in [0.1, 0.15) is 23.7 Å². The van der Waals surface area contributed by atoms with E-state index in [9.17, 15) is 13.2 Å². The Kier molecular flexibility index (Phi) is 5.64. The summed E-state index contributed by atoms with van der Waals surface area (Å²) >= 11 is 11.6. The first kappa shape index (κ1) is 16.3. The van der Waals surface area contributed by atoms with E-state index >= 15 is 0 Å². The number of hydrogen-bond donors (Lipinski definition) is 1. The summed E-state index contributed by atoms with van der Waals surface area (Å²) in [6.07, 6.45) is 1.52. The number of nitrogens with one attached hydrogen (secondary N) is 1. The smallest absolute Gasteiger partial charge is 0.251 e. The van der Waals surface area contributed by atoms with Crippen molar-refractivity contribution in [3.63, 3.8) is 0 Å². The highest BCUT2D eigenvalue weighted by atomic mass is 35.5. The molecule has 0 unspecified atom stereocenters. The van der Waals surface area contributed by atoms with Gasteiger partial charge in [-0.1, -0.05) is 23.2 Å². The zero-order valence-corrected chi connectivity index (χ0v) is 12.9. The van der Waals surface area contributed by atoms with Gasteiger partial charge in [0.15, 0.2) is 0 Å². The van der Waals surface area contributed by atoms with Crippen molar-refractivity contribution in [1.29, 1.82) is 0 Å². The van der Waals surface area contributed by atoms with Crippen LogP contribution in [0, 0.1) is 0 Å². The van der Waals surface area contributed by atoms with Gasteiger partial charge in [0.1, 0.15) is 9.84 Å². The highest BCUT2D eigenvalue weighted by molar-refractivity contribution is 7.90. The van der Waals surface area contributed by atoms with Gasteiger partial charge in [-0.25, -0.2) is 8.42 Å². The fraction of sp³-hybridized carbons (Fsp3) is 0.417. The molecule has 0 bridgehead atoms. The lowest BCUT2D eigenvalue weighted by molar-refractivity contribution is 0.0939. The second kappa shape index (κ2) is 6.59. The summed E-state index contributed by atoms with van der Waals surface area (Å²) in [4.78, 5) is 11.9. The molecule has 0 aromatic heterocycles. The van der Waals surface area contributed by atoms with Crippen molar-refractivity contribution >= 4 is 38.9 Å². The van der Waals surface area contributed by atoms with Crippen LogP contribution >= 0.6 is 23.2 Å². The Labute approximate surface area is 123 Å². The first-order valence-corrected chi connectivity index (χ1v) is 8.44. The molecule has 1 amide bonds. The Morgan fingerprint density at radius 1 is 1.26 bits per heavy atom. The van der Waals surface area contributed by atoms with Gasteiger partial charge in [0.25, 0.3) is 5.91 Å². The fourth-order valence-electron chi connectivity index (χ4n) is 1.46. The van der Waals surface area contributed by atoms with Crippen molar-refractivity contribution in [2.24, 2.45) is 0 Å². The zero-order chi connectivity index (χ0) is 14.6. The predicted octanol–water partition coefficient (Wildman–Crippen LogP) is 2.55. The average molecular weight is 324 g/mol. The third kappa shape index (κ3) is 6.27. The van der Waals surface area contributed by atoms with Crippen LogP contribution in [0.4, 0.5) is 0 Å². The van der Waals surface area contributed by atoms with Crippen molar-refractivity contribution in [2.45, 2.75) is 19.4 Å². The molecule has 0 radical (unpaired) electrons. The molecular formula is C12H15Cl2NO3S. The molecule has 0 saturated heterocycles. The molecule has 4 nitrogen and oxygen atoms in total. The van der Waals surface area contributed by atoms with Crippen LogP contribution in [0.3, 0.4) is 0 Å². The molecule has 7 heteroatoms. The van der Waals surface area contributed by atoms with Gasteiger partial charge in [-0.05, 0) is 31.5 Å². The summed E-state index contributed by atoms with van der Waals surface area (Å²) in [7, 11) is -3.03. The van der Waals surface area contributed by atoms with Gasteiger partial charge in [0.2, 0.25) is 0 Å². The second-order valence-electron chi connectivity index (χ2n) is 4.45. The van der Waals surface area contributed by atoms with E-state index in [0.29, 0.717) is 22.0 Å². The van der Waals surface area contributed by atoms with E-state index < -0.39 is 9.84 Å². The average Bonchev–Trinajstić information content (AvgIpc) is 2.24. The summed E-state index contributed by atoms with van der Waals surface area (Å²) in [5.41, 5.74) is 0.351. The number of carbonyl (C=O) groups is 1. The molecular weight excluding hydrogens is 309 g/mol. The molecule has 0 fully saturated rings. The Morgan fingerprint density at radius 2 is 1.79 bits per heavy atom. The molecule has 0 heterocycles. The van der Waals surface area contributed by atoms with Crippen molar-refractivity contribution in [3.05, 3.63) is 33.8 Å². The lowest BCUT2D eigenvalue weighted by Crippen LogP contribution is -2.33. The Balaban J connectivity index is 2.64. The SMILES string of the molecule is C[C@H](CCS(C)(=O)=O)NC(=O)c1cc(Cl)cc(Cl)c1. The first-order valence-electron chi connectivity index (χ1n) is 5.62. The van der Waals surface area contributed by atoms with E-state index in [1.165, 1.54) is 18.2 Å². The molecule has 1 aromatic carbocycles. The fourth-order valence-corrected chi connectivity index (χ4v) is 2.76. The Bertz CT molecular complexity index is 552. The number of rotatable bonds is 5. The Morgan fingerprint density at radius 3 is 2.26 bits per heavy atom. The monoisotopic (exact) mass is 323 g/mol. The maximum atomic E-state index is 11.9. The minimum absolute atomic E-state index is 0.0325. The van der Waals surface area contributed by atoms with Gasteiger partial charge >= 0.3 is 0 Å². The quantitative estimate of drug-likeness (QED) is 0.905. The highest BCUT2D eigenvalue weighted by Crippen LogP contribution is 2.19. The van der Waals surface area contributed by atoms with Crippen LogP contribution in [0.15, 0.2) is 18.2 Å². The van der Waals surface area contributed by atoms with E-state index in [1.54, 1.807) is 6.92 Å². The van der Waals surface area contributed by atoms with Crippen molar-refractivity contribution < 1.29 is 13.2 Å². The van der Waals surface area contributed by atoms with Crippen LogP contribution in [0.5, 0.6) is 0 Å². The third-order valence-corrected chi connectivity index (χ3v) is 3.84. The minimum Gasteiger partial charge on any atom is -0.350 e. The number of halogens is 2. The lowest BCUT2D eigenvalue weighted by Gasteiger charge is -2.13. The summed E-state index contributed by atoms with van der Waals surface area (Å²) in [6, 6.07) is 4.30. The minimum atomic E-state index is -3.03. The van der Waals surface area contributed by atoms with Crippen molar-refractivity contribution in [1.82, 2.24) is 5.32 Å². The van der Waals surface area contributed by atoms with Gasteiger partial charge in [-0.15, -0.1) is 0 Å². The normalized spacial score (nSPS) is 13.1. The molecule has 0 spiro atoms. The number of benzene rings is 1. The van der Waals surface area contributed by atoms with E-state index in [1.807, 2.05) is 0 Å². The number of carbonyl (C=O) groups excluding carboxylic acids is 1. The molecule has 1 aromatic rings. The molecule has 0 saturated carbocycles. The number of sulfone groups is 1. The Hall–Kier alpha value is -0.780. The van der Waals surface area contributed by atoms with Crippen LogP contribution in [-0.2, 0) is 9.84 Å². The summed E-state index contributed by atoms with van der Waals surface area (Å²) in [5.74, 6) is -0.296. The standard InChI is InChI=1S/C12H15Cl2NO3S/c1-8(3-4-19(2,17)18)15-12(16)9-5-10(13)7-11(14)6-9/h5-8H,3-4H2,1-2H3,(H,15,16)/t8-/m1/s1. The van der Waals surface area contributed by atoms with Gasteiger partial charge in [0.05, 0.1) is 5.75 Å². The van der Waals surface area contributed by atoms with Crippen LogP contribution < -0.4 is 5.32 Å². The van der Waals surface area contributed by atoms with Crippen molar-refractivity contribution in [3.8, 4) is 0 Å². The number of hydrogen-bond acceptors (Lipinski definition) is 3. The maximum absolute atomic E-state index is 11.9. The summed E-state index contributed by atoms with van der Waals surface area (Å²) < 4.78 is 22.1. The molecule has 1 atom stereocenters. The molecule has 1 N–H and O–H groups in total.